The van der Waals surface area contributed by atoms with Gasteiger partial charge in [0.2, 0.25) is 0 Å². The average Bonchev–Trinajstić information content (AvgIpc) is 1.85. The molecule has 0 bridgehead atoms. The predicted octanol–water partition coefficient (Wildman–Crippen LogP) is 2.82. The van der Waals surface area contributed by atoms with E-state index < -0.39 is 5.67 Å². The Hall–Kier alpha value is -0.580. The highest BCUT2D eigenvalue weighted by Crippen LogP contribution is 2.36. The van der Waals surface area contributed by atoms with Gasteiger partial charge < -0.3 is 0 Å². The number of halogens is 1. The van der Waals surface area contributed by atoms with Crippen LogP contribution < -0.4 is 0 Å². The molecular formula is C9H14FN. The van der Waals surface area contributed by atoms with Crippen molar-refractivity contribution in [1.29, 1.82) is 5.26 Å². The first-order valence-electron chi connectivity index (χ1n) is 4.20. The summed E-state index contributed by atoms with van der Waals surface area (Å²) in [7, 11) is 0. The lowest BCUT2D eigenvalue weighted by atomic mass is 9.79. The van der Waals surface area contributed by atoms with Crippen molar-refractivity contribution >= 4 is 0 Å². The number of nitrogens with zero attached hydrogens (tertiary/aromatic N) is 1. The van der Waals surface area contributed by atoms with Gasteiger partial charge in [0, 0.05) is 6.42 Å². The molecule has 0 aliphatic heterocycles. The molecule has 1 nitrogen and oxygen atoms in total. The Morgan fingerprint density at radius 3 is 3.00 bits per heavy atom. The van der Waals surface area contributed by atoms with E-state index in [1.807, 2.05) is 0 Å². The summed E-state index contributed by atoms with van der Waals surface area (Å²) in [4.78, 5) is 0. The molecule has 1 aliphatic rings. The molecule has 0 spiro atoms. The van der Waals surface area contributed by atoms with Crippen molar-refractivity contribution in [2.24, 2.45) is 5.92 Å². The Kier molecular flexibility index (Phi) is 2.49. The summed E-state index contributed by atoms with van der Waals surface area (Å²) in [6.07, 6.45) is 3.77. The summed E-state index contributed by atoms with van der Waals surface area (Å²) in [5.74, 6) is 0.309. The Morgan fingerprint density at radius 1 is 1.73 bits per heavy atom. The normalized spacial score (nSPS) is 38.1. The van der Waals surface area contributed by atoms with Crippen LogP contribution in [0, 0.1) is 17.2 Å². The molecule has 1 rings (SSSR count). The number of alkyl halides is 1. The van der Waals surface area contributed by atoms with Crippen LogP contribution in [0.4, 0.5) is 4.39 Å². The molecule has 0 radical (unpaired) electrons. The monoisotopic (exact) mass is 155 g/mol. The van der Waals surface area contributed by atoms with Crippen LogP contribution in [0.25, 0.3) is 0 Å². The van der Waals surface area contributed by atoms with Gasteiger partial charge in [-0.05, 0) is 38.5 Å². The van der Waals surface area contributed by atoms with E-state index in [0.29, 0.717) is 25.2 Å². The fourth-order valence-electron chi connectivity index (χ4n) is 1.87. The molecule has 0 heterocycles. The van der Waals surface area contributed by atoms with E-state index in [1.165, 1.54) is 0 Å². The lowest BCUT2D eigenvalue weighted by molar-refractivity contribution is 0.0958. The summed E-state index contributed by atoms with van der Waals surface area (Å²) in [6.45, 7) is 1.65. The molecule has 1 aliphatic carbocycles. The SMILES string of the molecule is CC1(F)CCCC(CC#N)C1. The molecule has 0 aromatic carbocycles. The van der Waals surface area contributed by atoms with E-state index >= 15 is 0 Å². The summed E-state index contributed by atoms with van der Waals surface area (Å²) in [5.41, 5.74) is -1.00. The molecular weight excluding hydrogens is 141 g/mol. The molecule has 0 saturated heterocycles. The average molecular weight is 155 g/mol. The van der Waals surface area contributed by atoms with Crippen LogP contribution in [0.15, 0.2) is 0 Å². The van der Waals surface area contributed by atoms with Crippen LogP contribution in [0.2, 0.25) is 0 Å². The molecule has 2 unspecified atom stereocenters. The van der Waals surface area contributed by atoms with E-state index in [-0.39, 0.29) is 0 Å². The van der Waals surface area contributed by atoms with Gasteiger partial charge in [-0.25, -0.2) is 4.39 Å². The van der Waals surface area contributed by atoms with Crippen molar-refractivity contribution in [3.05, 3.63) is 0 Å². The second-order valence-electron chi connectivity index (χ2n) is 3.74. The summed E-state index contributed by atoms with van der Waals surface area (Å²) in [5, 5.41) is 8.42. The van der Waals surface area contributed by atoms with Crippen molar-refractivity contribution < 1.29 is 4.39 Å². The van der Waals surface area contributed by atoms with E-state index in [0.717, 1.165) is 12.8 Å². The minimum Gasteiger partial charge on any atom is -0.244 e. The maximum absolute atomic E-state index is 13.3. The Balaban J connectivity index is 2.41. The first-order valence-corrected chi connectivity index (χ1v) is 4.20. The van der Waals surface area contributed by atoms with E-state index in [9.17, 15) is 4.39 Å². The second-order valence-corrected chi connectivity index (χ2v) is 3.74. The van der Waals surface area contributed by atoms with Crippen LogP contribution >= 0.6 is 0 Å². The summed E-state index contributed by atoms with van der Waals surface area (Å²) < 4.78 is 13.3. The molecule has 2 heteroatoms. The highest BCUT2D eigenvalue weighted by molar-refractivity contribution is 4.87. The third-order valence-electron chi connectivity index (χ3n) is 2.40. The van der Waals surface area contributed by atoms with Gasteiger partial charge in [-0.2, -0.15) is 5.26 Å². The van der Waals surface area contributed by atoms with Gasteiger partial charge in [-0.15, -0.1) is 0 Å². The number of hydrogen-bond acceptors (Lipinski definition) is 1. The zero-order valence-electron chi connectivity index (χ0n) is 6.94. The number of hydrogen-bond donors (Lipinski definition) is 0. The first kappa shape index (κ1) is 8.52. The van der Waals surface area contributed by atoms with Crippen LogP contribution in [0.3, 0.4) is 0 Å². The molecule has 1 saturated carbocycles. The minimum absolute atomic E-state index is 0.309. The molecule has 1 fully saturated rings. The molecule has 62 valence electrons. The largest absolute Gasteiger partial charge is 0.244 e. The Morgan fingerprint density at radius 2 is 2.45 bits per heavy atom. The maximum atomic E-state index is 13.3. The maximum Gasteiger partial charge on any atom is 0.108 e. The van der Waals surface area contributed by atoms with Crippen LogP contribution in [-0.4, -0.2) is 5.67 Å². The van der Waals surface area contributed by atoms with Crippen molar-refractivity contribution in [3.63, 3.8) is 0 Å². The van der Waals surface area contributed by atoms with E-state index in [4.69, 9.17) is 5.26 Å². The number of nitriles is 1. The predicted molar refractivity (Wildman–Crippen MR) is 41.7 cm³/mol. The number of rotatable bonds is 1. The lowest BCUT2D eigenvalue weighted by Gasteiger charge is -2.30. The van der Waals surface area contributed by atoms with E-state index in [2.05, 4.69) is 6.07 Å². The standard InChI is InChI=1S/C9H14FN/c1-9(10)5-2-3-8(7-9)4-6-11/h8H,2-5,7H2,1H3. The highest BCUT2D eigenvalue weighted by Gasteiger charge is 2.31. The van der Waals surface area contributed by atoms with Gasteiger partial charge in [-0.3, -0.25) is 0 Å². The fourth-order valence-corrected chi connectivity index (χ4v) is 1.87. The third-order valence-corrected chi connectivity index (χ3v) is 2.40. The van der Waals surface area contributed by atoms with Crippen LogP contribution in [0.5, 0.6) is 0 Å². The smallest absolute Gasteiger partial charge is 0.108 e. The van der Waals surface area contributed by atoms with Gasteiger partial charge in [-0.1, -0.05) is 0 Å². The molecule has 11 heavy (non-hydrogen) atoms. The quantitative estimate of drug-likeness (QED) is 0.571. The lowest BCUT2D eigenvalue weighted by Crippen LogP contribution is -2.27. The topological polar surface area (TPSA) is 23.8 Å². The zero-order valence-corrected chi connectivity index (χ0v) is 6.94. The third kappa shape index (κ3) is 2.49. The summed E-state index contributed by atoms with van der Waals surface area (Å²) >= 11 is 0. The fraction of sp³-hybridized carbons (Fsp3) is 0.889. The Bertz CT molecular complexity index is 169. The first-order chi connectivity index (χ1) is 5.14. The van der Waals surface area contributed by atoms with Crippen molar-refractivity contribution in [1.82, 2.24) is 0 Å². The van der Waals surface area contributed by atoms with E-state index in [1.54, 1.807) is 6.92 Å². The molecule has 0 aromatic rings. The van der Waals surface area contributed by atoms with Crippen LogP contribution in [-0.2, 0) is 0 Å². The van der Waals surface area contributed by atoms with Gasteiger partial charge in [0.05, 0.1) is 6.07 Å². The molecule has 0 amide bonds. The Labute approximate surface area is 67.2 Å². The zero-order chi connectivity index (χ0) is 8.32. The second kappa shape index (κ2) is 3.21. The van der Waals surface area contributed by atoms with Crippen molar-refractivity contribution in [3.8, 4) is 6.07 Å². The molecule has 0 N–H and O–H groups in total. The van der Waals surface area contributed by atoms with Gasteiger partial charge >= 0.3 is 0 Å². The van der Waals surface area contributed by atoms with Crippen molar-refractivity contribution in [2.45, 2.75) is 44.7 Å². The highest BCUT2D eigenvalue weighted by atomic mass is 19.1. The van der Waals surface area contributed by atoms with Gasteiger partial charge in [0.25, 0.3) is 0 Å². The van der Waals surface area contributed by atoms with Crippen LogP contribution in [0.1, 0.15) is 39.0 Å². The van der Waals surface area contributed by atoms with Gasteiger partial charge in [0.1, 0.15) is 5.67 Å². The summed E-state index contributed by atoms with van der Waals surface area (Å²) in [6, 6.07) is 2.11. The molecule has 2 atom stereocenters. The molecule has 0 aromatic heterocycles. The van der Waals surface area contributed by atoms with Gasteiger partial charge in [0.15, 0.2) is 0 Å². The minimum atomic E-state index is -1.00. The van der Waals surface area contributed by atoms with Crippen molar-refractivity contribution in [2.75, 3.05) is 0 Å².